The molecule has 0 saturated heterocycles. The lowest BCUT2D eigenvalue weighted by molar-refractivity contribution is 0.353. The maximum atomic E-state index is 4.55. The first-order valence-corrected chi connectivity index (χ1v) is 7.73. The molecule has 1 aromatic heterocycles. The maximum Gasteiger partial charge on any atom is 0.0705 e. The largest absolute Gasteiger partial charge is 0.310 e. The Labute approximate surface area is 122 Å². The van der Waals surface area contributed by atoms with Gasteiger partial charge in [0.15, 0.2) is 0 Å². The molecule has 20 heavy (non-hydrogen) atoms. The average Bonchev–Trinajstić information content (AvgIpc) is 2.46. The lowest BCUT2D eigenvalue weighted by Gasteiger charge is -2.22. The van der Waals surface area contributed by atoms with Crippen LogP contribution in [0.1, 0.15) is 44.9 Å². The molecule has 0 aliphatic rings. The molecule has 0 saturated carbocycles. The molecule has 2 aromatic rings. The number of hydrogen-bond donors (Lipinski definition) is 1. The number of fused-ring (bicyclic) bond motifs is 1. The first-order valence-electron chi connectivity index (χ1n) is 7.73. The van der Waals surface area contributed by atoms with Crippen molar-refractivity contribution in [3.63, 3.8) is 0 Å². The van der Waals surface area contributed by atoms with Crippen LogP contribution in [0.25, 0.3) is 10.9 Å². The van der Waals surface area contributed by atoms with Crippen LogP contribution in [0.5, 0.6) is 0 Å². The van der Waals surface area contributed by atoms with Crippen LogP contribution in [0.4, 0.5) is 0 Å². The minimum Gasteiger partial charge on any atom is -0.310 e. The molecule has 1 aromatic carbocycles. The van der Waals surface area contributed by atoms with Crippen molar-refractivity contribution in [1.82, 2.24) is 10.3 Å². The second kappa shape index (κ2) is 6.85. The molecule has 0 radical (unpaired) electrons. The Balaban J connectivity index is 2.05. The molecule has 0 spiro atoms. The number of nitrogens with zero attached hydrogens (tertiary/aromatic N) is 1. The molecule has 2 nitrogen and oxygen atoms in total. The topological polar surface area (TPSA) is 24.9 Å². The molecule has 0 aliphatic heterocycles. The second-order valence-corrected chi connectivity index (χ2v) is 5.73. The Hall–Kier alpha value is -1.41. The summed E-state index contributed by atoms with van der Waals surface area (Å²) in [5, 5.41) is 4.88. The molecule has 0 bridgehead atoms. The van der Waals surface area contributed by atoms with E-state index in [0.29, 0.717) is 6.04 Å². The lowest BCUT2D eigenvalue weighted by atomic mass is 9.95. The highest BCUT2D eigenvalue weighted by Gasteiger charge is 2.12. The van der Waals surface area contributed by atoms with E-state index >= 15 is 0 Å². The Kier molecular flexibility index (Phi) is 5.13. The standard InChI is InChI=1S/C18H26N2/c1-5-16(6-2)14(4)19-12-15-8-10-18-17(11-15)9-7-13(3)20-18/h7-11,14,16,19H,5-6,12H2,1-4H3. The molecule has 108 valence electrons. The van der Waals surface area contributed by atoms with Crippen molar-refractivity contribution in [3.8, 4) is 0 Å². The van der Waals surface area contributed by atoms with Crippen LogP contribution < -0.4 is 5.32 Å². The van der Waals surface area contributed by atoms with Gasteiger partial charge in [-0.2, -0.15) is 0 Å². The van der Waals surface area contributed by atoms with Crippen molar-refractivity contribution >= 4 is 10.9 Å². The van der Waals surface area contributed by atoms with Gasteiger partial charge in [0, 0.05) is 23.7 Å². The number of hydrogen-bond acceptors (Lipinski definition) is 2. The summed E-state index contributed by atoms with van der Waals surface area (Å²) < 4.78 is 0. The highest BCUT2D eigenvalue weighted by atomic mass is 14.9. The van der Waals surface area contributed by atoms with Crippen LogP contribution in [0.15, 0.2) is 30.3 Å². The SMILES string of the molecule is CCC(CC)C(C)NCc1ccc2nc(C)ccc2c1. The van der Waals surface area contributed by atoms with E-state index in [1.54, 1.807) is 0 Å². The van der Waals surface area contributed by atoms with Gasteiger partial charge in [0.05, 0.1) is 5.52 Å². The van der Waals surface area contributed by atoms with E-state index in [0.717, 1.165) is 23.7 Å². The Morgan fingerprint density at radius 3 is 2.55 bits per heavy atom. The van der Waals surface area contributed by atoms with Gasteiger partial charge in [-0.25, -0.2) is 0 Å². The summed E-state index contributed by atoms with van der Waals surface area (Å²) in [6.45, 7) is 9.81. The summed E-state index contributed by atoms with van der Waals surface area (Å²) in [7, 11) is 0. The minimum atomic E-state index is 0.567. The molecule has 1 N–H and O–H groups in total. The van der Waals surface area contributed by atoms with Crippen molar-refractivity contribution in [3.05, 3.63) is 41.6 Å². The summed E-state index contributed by atoms with van der Waals surface area (Å²) >= 11 is 0. The Morgan fingerprint density at radius 1 is 1.10 bits per heavy atom. The number of aromatic nitrogens is 1. The second-order valence-electron chi connectivity index (χ2n) is 5.73. The summed E-state index contributed by atoms with van der Waals surface area (Å²) in [5.74, 6) is 0.764. The molecule has 1 heterocycles. The van der Waals surface area contributed by atoms with Crippen molar-refractivity contribution in [2.45, 2.75) is 53.1 Å². The molecule has 0 fully saturated rings. The fraction of sp³-hybridized carbons (Fsp3) is 0.500. The van der Waals surface area contributed by atoms with Crippen molar-refractivity contribution in [2.75, 3.05) is 0 Å². The Morgan fingerprint density at radius 2 is 1.85 bits per heavy atom. The van der Waals surface area contributed by atoms with E-state index in [-0.39, 0.29) is 0 Å². The van der Waals surface area contributed by atoms with Gasteiger partial charge in [0.25, 0.3) is 0 Å². The maximum absolute atomic E-state index is 4.55. The van der Waals surface area contributed by atoms with Gasteiger partial charge < -0.3 is 5.32 Å². The van der Waals surface area contributed by atoms with Gasteiger partial charge in [-0.05, 0) is 43.5 Å². The first-order chi connectivity index (χ1) is 9.63. The molecule has 0 aliphatic carbocycles. The van der Waals surface area contributed by atoms with Gasteiger partial charge in [-0.15, -0.1) is 0 Å². The normalized spacial score (nSPS) is 13.1. The van der Waals surface area contributed by atoms with E-state index in [4.69, 9.17) is 0 Å². The first kappa shape index (κ1) is 15.0. The highest BCUT2D eigenvalue weighted by molar-refractivity contribution is 5.79. The summed E-state index contributed by atoms with van der Waals surface area (Å²) in [4.78, 5) is 4.55. The predicted molar refractivity (Wildman–Crippen MR) is 86.9 cm³/mol. The number of nitrogens with one attached hydrogen (secondary N) is 1. The summed E-state index contributed by atoms with van der Waals surface area (Å²) in [6, 6.07) is 11.4. The number of benzene rings is 1. The van der Waals surface area contributed by atoms with Crippen LogP contribution in [-0.4, -0.2) is 11.0 Å². The van der Waals surface area contributed by atoms with E-state index in [2.05, 4.69) is 61.4 Å². The third-order valence-electron chi connectivity index (χ3n) is 4.28. The molecular weight excluding hydrogens is 244 g/mol. The zero-order chi connectivity index (χ0) is 14.5. The van der Waals surface area contributed by atoms with Gasteiger partial charge >= 0.3 is 0 Å². The molecular formula is C18H26N2. The van der Waals surface area contributed by atoms with Crippen molar-refractivity contribution in [1.29, 1.82) is 0 Å². The van der Waals surface area contributed by atoms with Crippen LogP contribution in [-0.2, 0) is 6.54 Å². The zero-order valence-corrected chi connectivity index (χ0v) is 13.1. The highest BCUT2D eigenvalue weighted by Crippen LogP contribution is 2.16. The smallest absolute Gasteiger partial charge is 0.0705 e. The fourth-order valence-electron chi connectivity index (χ4n) is 2.83. The zero-order valence-electron chi connectivity index (χ0n) is 13.1. The van der Waals surface area contributed by atoms with Crippen molar-refractivity contribution < 1.29 is 0 Å². The molecule has 2 heteroatoms. The van der Waals surface area contributed by atoms with Crippen LogP contribution in [0.3, 0.4) is 0 Å². The fourth-order valence-corrected chi connectivity index (χ4v) is 2.83. The summed E-state index contributed by atoms with van der Waals surface area (Å²) in [6.07, 6.45) is 2.48. The third-order valence-corrected chi connectivity index (χ3v) is 4.28. The van der Waals surface area contributed by atoms with Gasteiger partial charge in [-0.1, -0.05) is 38.8 Å². The van der Waals surface area contributed by atoms with E-state index in [1.807, 2.05) is 6.92 Å². The van der Waals surface area contributed by atoms with Crippen molar-refractivity contribution in [2.24, 2.45) is 5.92 Å². The van der Waals surface area contributed by atoms with Crippen LogP contribution in [0.2, 0.25) is 0 Å². The van der Waals surface area contributed by atoms with E-state index < -0.39 is 0 Å². The quantitative estimate of drug-likeness (QED) is 0.838. The van der Waals surface area contributed by atoms with Gasteiger partial charge in [-0.3, -0.25) is 4.98 Å². The molecule has 1 unspecified atom stereocenters. The van der Waals surface area contributed by atoms with Crippen LogP contribution >= 0.6 is 0 Å². The Bertz CT molecular complexity index is 558. The number of aryl methyl sites for hydroxylation is 1. The number of pyridine rings is 1. The monoisotopic (exact) mass is 270 g/mol. The van der Waals surface area contributed by atoms with Gasteiger partial charge in [0.1, 0.15) is 0 Å². The van der Waals surface area contributed by atoms with Crippen LogP contribution in [0, 0.1) is 12.8 Å². The molecule has 1 atom stereocenters. The molecule has 0 amide bonds. The van der Waals surface area contributed by atoms with Gasteiger partial charge in [0.2, 0.25) is 0 Å². The molecule has 2 rings (SSSR count). The predicted octanol–water partition coefficient (Wildman–Crippen LogP) is 4.46. The average molecular weight is 270 g/mol. The lowest BCUT2D eigenvalue weighted by Crippen LogP contribution is -2.32. The minimum absolute atomic E-state index is 0.567. The van der Waals surface area contributed by atoms with E-state index in [1.165, 1.54) is 23.8 Å². The number of rotatable bonds is 6. The third kappa shape index (κ3) is 3.57. The summed E-state index contributed by atoms with van der Waals surface area (Å²) in [5.41, 5.74) is 3.49. The van der Waals surface area contributed by atoms with E-state index in [9.17, 15) is 0 Å².